The SMILES string of the molecule is CC(C)(Cc1ccc(Br)cc1)n1c(S(=O)(=O)NCC2CCCCC2)cnc1N(C=O)c1cc(Cl)cc(Cl)c1. The lowest BCUT2D eigenvalue weighted by Gasteiger charge is -2.32. The van der Waals surface area contributed by atoms with Gasteiger partial charge in [0.2, 0.25) is 12.4 Å². The Labute approximate surface area is 242 Å². The molecule has 7 nitrogen and oxygen atoms in total. The molecule has 0 spiro atoms. The van der Waals surface area contributed by atoms with E-state index in [9.17, 15) is 13.2 Å². The number of rotatable bonds is 10. The second-order valence-electron chi connectivity index (χ2n) is 10.3. The molecule has 0 unspecified atom stereocenters. The maximum atomic E-state index is 13.7. The lowest BCUT2D eigenvalue weighted by atomic mass is 9.90. The highest BCUT2D eigenvalue weighted by Gasteiger charge is 2.35. The number of imidazole rings is 1. The average Bonchev–Trinajstić information content (AvgIpc) is 3.32. The number of aromatic nitrogens is 2. The van der Waals surface area contributed by atoms with E-state index in [1.54, 1.807) is 22.8 Å². The van der Waals surface area contributed by atoms with E-state index < -0.39 is 15.6 Å². The van der Waals surface area contributed by atoms with Crippen LogP contribution in [0.15, 0.2) is 58.2 Å². The maximum absolute atomic E-state index is 13.7. The van der Waals surface area contributed by atoms with Crippen LogP contribution in [0.25, 0.3) is 0 Å². The second kappa shape index (κ2) is 12.1. The molecule has 1 fully saturated rings. The molecule has 204 valence electrons. The lowest BCUT2D eigenvalue weighted by molar-refractivity contribution is -0.106. The Balaban J connectivity index is 1.79. The van der Waals surface area contributed by atoms with Crippen LogP contribution in [-0.2, 0) is 26.8 Å². The van der Waals surface area contributed by atoms with Gasteiger partial charge in [-0.3, -0.25) is 14.3 Å². The van der Waals surface area contributed by atoms with Gasteiger partial charge in [-0.2, -0.15) is 0 Å². The summed E-state index contributed by atoms with van der Waals surface area (Å²) in [6.45, 7) is 4.22. The van der Waals surface area contributed by atoms with Crippen molar-refractivity contribution < 1.29 is 13.2 Å². The van der Waals surface area contributed by atoms with Gasteiger partial charge in [-0.05, 0) is 74.9 Å². The number of hydrogen-bond acceptors (Lipinski definition) is 4. The summed E-state index contributed by atoms with van der Waals surface area (Å²) in [5.41, 5.74) is 0.584. The Morgan fingerprint density at radius 2 is 1.74 bits per heavy atom. The van der Waals surface area contributed by atoms with E-state index in [0.29, 0.717) is 41.0 Å². The molecule has 1 amide bonds. The first-order valence-electron chi connectivity index (χ1n) is 12.5. The molecule has 0 saturated heterocycles. The molecule has 1 aliphatic rings. The van der Waals surface area contributed by atoms with Crippen molar-refractivity contribution in [3.05, 3.63) is 68.7 Å². The first kappa shape index (κ1) is 29.1. The number of carbonyl (C=O) groups is 1. The maximum Gasteiger partial charge on any atom is 0.257 e. The second-order valence-corrected chi connectivity index (χ2v) is 13.8. The Morgan fingerprint density at radius 1 is 1.11 bits per heavy atom. The quantitative estimate of drug-likeness (QED) is 0.240. The zero-order chi connectivity index (χ0) is 27.5. The number of hydrogen-bond donors (Lipinski definition) is 1. The molecule has 0 radical (unpaired) electrons. The summed E-state index contributed by atoms with van der Waals surface area (Å²) >= 11 is 15.9. The van der Waals surface area contributed by atoms with Crippen LogP contribution in [0.3, 0.4) is 0 Å². The van der Waals surface area contributed by atoms with Gasteiger partial charge in [-0.25, -0.2) is 18.1 Å². The predicted octanol–water partition coefficient (Wildman–Crippen LogP) is 7.08. The summed E-state index contributed by atoms with van der Waals surface area (Å²) in [4.78, 5) is 18.1. The Hall–Kier alpha value is -1.91. The number of carbonyl (C=O) groups excluding carboxylic acids is 1. The van der Waals surface area contributed by atoms with Crippen LogP contribution in [0, 0.1) is 5.92 Å². The molecule has 4 rings (SSSR count). The number of halogens is 3. The molecule has 3 aromatic rings. The number of anilines is 2. The van der Waals surface area contributed by atoms with Crippen LogP contribution in [0.1, 0.15) is 51.5 Å². The van der Waals surface area contributed by atoms with Gasteiger partial charge in [0, 0.05) is 26.6 Å². The minimum Gasteiger partial charge on any atom is -0.293 e. The Morgan fingerprint density at radius 3 is 2.34 bits per heavy atom. The average molecular weight is 642 g/mol. The number of sulfonamides is 1. The fourth-order valence-electron chi connectivity index (χ4n) is 5.03. The normalized spacial score (nSPS) is 15.0. The smallest absolute Gasteiger partial charge is 0.257 e. The largest absolute Gasteiger partial charge is 0.293 e. The van der Waals surface area contributed by atoms with E-state index in [1.807, 2.05) is 38.1 Å². The van der Waals surface area contributed by atoms with Crippen molar-refractivity contribution in [1.82, 2.24) is 14.3 Å². The third kappa shape index (κ3) is 6.80. The molecule has 38 heavy (non-hydrogen) atoms. The lowest BCUT2D eigenvalue weighted by Crippen LogP contribution is -2.38. The van der Waals surface area contributed by atoms with Crippen molar-refractivity contribution in [2.24, 2.45) is 5.92 Å². The molecule has 2 aromatic carbocycles. The summed E-state index contributed by atoms with van der Waals surface area (Å²) in [5, 5.41) is 0.674. The highest BCUT2D eigenvalue weighted by Crippen LogP contribution is 2.36. The number of benzene rings is 2. The fraction of sp³-hybridized carbons (Fsp3) is 0.407. The molecule has 0 bridgehead atoms. The molecule has 0 atom stereocenters. The Kier molecular flexibility index (Phi) is 9.25. The fourth-order valence-corrected chi connectivity index (χ4v) is 7.17. The van der Waals surface area contributed by atoms with E-state index in [-0.39, 0.29) is 11.0 Å². The Bertz CT molecular complexity index is 1370. The minimum absolute atomic E-state index is 0.00889. The molecule has 0 aliphatic heterocycles. The summed E-state index contributed by atoms with van der Waals surface area (Å²) in [5.74, 6) is 0.462. The first-order valence-corrected chi connectivity index (χ1v) is 15.6. The third-order valence-electron chi connectivity index (χ3n) is 6.87. The zero-order valence-electron chi connectivity index (χ0n) is 21.3. The third-order valence-corrected chi connectivity index (χ3v) is 9.23. The monoisotopic (exact) mass is 640 g/mol. The van der Waals surface area contributed by atoms with Gasteiger partial charge in [0.15, 0.2) is 5.03 Å². The van der Waals surface area contributed by atoms with Gasteiger partial charge in [0.1, 0.15) is 0 Å². The molecular formula is C27H31BrCl2N4O3S. The summed E-state index contributed by atoms with van der Waals surface area (Å²) in [6, 6.07) is 12.6. The summed E-state index contributed by atoms with van der Waals surface area (Å²) in [6.07, 6.45) is 7.83. The van der Waals surface area contributed by atoms with Gasteiger partial charge in [-0.1, -0.05) is 70.5 Å². The van der Waals surface area contributed by atoms with E-state index >= 15 is 0 Å². The van der Waals surface area contributed by atoms with E-state index in [2.05, 4.69) is 25.6 Å². The van der Waals surface area contributed by atoms with E-state index in [4.69, 9.17) is 23.2 Å². The topological polar surface area (TPSA) is 84.3 Å². The van der Waals surface area contributed by atoms with Crippen molar-refractivity contribution in [1.29, 1.82) is 0 Å². The molecule has 1 aromatic heterocycles. The van der Waals surface area contributed by atoms with Crippen molar-refractivity contribution in [2.75, 3.05) is 11.4 Å². The van der Waals surface area contributed by atoms with Crippen LogP contribution < -0.4 is 9.62 Å². The molecular weight excluding hydrogens is 611 g/mol. The first-order chi connectivity index (χ1) is 18.0. The number of amides is 1. The van der Waals surface area contributed by atoms with Crippen LogP contribution in [0.4, 0.5) is 11.6 Å². The standard InChI is InChI=1S/C27H31BrCl2N4O3S/c1-27(2,15-19-8-10-21(28)11-9-19)34-25(38(36,37)32-16-20-6-4-3-5-7-20)17-31-26(34)33(18-35)24-13-22(29)12-23(30)14-24/h8-14,17-18,20,32H,3-7,15-16H2,1-2H3. The van der Waals surface area contributed by atoms with Gasteiger partial charge in [-0.15, -0.1) is 0 Å². The van der Waals surface area contributed by atoms with Crippen molar-refractivity contribution in [2.45, 2.75) is 62.9 Å². The van der Waals surface area contributed by atoms with E-state index in [1.165, 1.54) is 17.5 Å². The highest BCUT2D eigenvalue weighted by molar-refractivity contribution is 9.10. The van der Waals surface area contributed by atoms with Crippen molar-refractivity contribution in [3.63, 3.8) is 0 Å². The highest BCUT2D eigenvalue weighted by atomic mass is 79.9. The summed E-state index contributed by atoms with van der Waals surface area (Å²) in [7, 11) is -3.94. The zero-order valence-corrected chi connectivity index (χ0v) is 25.2. The molecule has 1 saturated carbocycles. The molecule has 1 heterocycles. The summed E-state index contributed by atoms with van der Waals surface area (Å²) < 4.78 is 32.7. The van der Waals surface area contributed by atoms with Crippen LogP contribution >= 0.6 is 39.1 Å². The van der Waals surface area contributed by atoms with Crippen LogP contribution in [0.2, 0.25) is 10.0 Å². The van der Waals surface area contributed by atoms with Crippen molar-refractivity contribution in [3.8, 4) is 0 Å². The van der Waals surface area contributed by atoms with Gasteiger partial charge < -0.3 is 0 Å². The van der Waals surface area contributed by atoms with Crippen molar-refractivity contribution >= 4 is 67.2 Å². The van der Waals surface area contributed by atoms with Gasteiger partial charge >= 0.3 is 0 Å². The molecule has 1 N–H and O–H groups in total. The van der Waals surface area contributed by atoms with Gasteiger partial charge in [0.25, 0.3) is 10.0 Å². The van der Waals surface area contributed by atoms with Gasteiger partial charge in [0.05, 0.1) is 11.9 Å². The number of nitrogens with one attached hydrogen (secondary N) is 1. The van der Waals surface area contributed by atoms with E-state index in [0.717, 1.165) is 35.7 Å². The van der Waals surface area contributed by atoms with Crippen LogP contribution in [0.5, 0.6) is 0 Å². The minimum atomic E-state index is -3.94. The molecule has 1 aliphatic carbocycles. The predicted molar refractivity (Wildman–Crippen MR) is 156 cm³/mol. The molecule has 11 heteroatoms. The number of nitrogens with zero attached hydrogens (tertiary/aromatic N) is 3. The van der Waals surface area contributed by atoms with Crippen LogP contribution in [-0.4, -0.2) is 30.9 Å².